The van der Waals surface area contributed by atoms with Crippen LogP contribution in [0.4, 0.5) is 0 Å². The molecule has 0 radical (unpaired) electrons. The van der Waals surface area contributed by atoms with Crippen LogP contribution in [0, 0.1) is 0 Å². The van der Waals surface area contributed by atoms with Crippen molar-refractivity contribution in [2.24, 2.45) is 5.73 Å². The Balaban J connectivity index is 0.00000242. The minimum Gasteiger partial charge on any atom is -0.484 e. The Hall–Kier alpha value is -1.26. The molecule has 1 aromatic carbocycles. The molecule has 1 saturated heterocycles. The molecule has 1 amide bonds. The number of piperidine rings is 1. The first kappa shape index (κ1) is 18.8. The number of likely N-dealkylation sites (tertiary alicyclic amines) is 1. The lowest BCUT2D eigenvalue weighted by atomic mass is 9.87. The van der Waals surface area contributed by atoms with E-state index in [0.29, 0.717) is 6.54 Å². The number of hydrogen-bond donors (Lipinski definition) is 1. The first-order chi connectivity index (χ1) is 9.86. The molecule has 0 bridgehead atoms. The van der Waals surface area contributed by atoms with Crippen molar-refractivity contribution in [2.75, 3.05) is 19.7 Å². The Morgan fingerprint density at radius 3 is 2.50 bits per heavy atom. The highest BCUT2D eigenvalue weighted by molar-refractivity contribution is 5.85. The van der Waals surface area contributed by atoms with Gasteiger partial charge in [0.15, 0.2) is 6.61 Å². The monoisotopic (exact) mass is 326 g/mol. The summed E-state index contributed by atoms with van der Waals surface area (Å²) >= 11 is 0. The van der Waals surface area contributed by atoms with Crippen molar-refractivity contribution in [2.45, 2.75) is 45.1 Å². The number of benzene rings is 1. The molecule has 0 aliphatic carbocycles. The van der Waals surface area contributed by atoms with E-state index in [4.69, 9.17) is 10.5 Å². The van der Waals surface area contributed by atoms with E-state index in [1.165, 1.54) is 5.56 Å². The van der Waals surface area contributed by atoms with E-state index in [2.05, 4.69) is 32.9 Å². The van der Waals surface area contributed by atoms with Gasteiger partial charge in [-0.1, -0.05) is 32.9 Å². The topological polar surface area (TPSA) is 55.6 Å². The number of amides is 1. The lowest BCUT2D eigenvalue weighted by Crippen LogP contribution is -2.47. The predicted molar refractivity (Wildman–Crippen MR) is 91.7 cm³/mol. The zero-order valence-electron chi connectivity index (χ0n) is 13.7. The van der Waals surface area contributed by atoms with E-state index < -0.39 is 0 Å². The summed E-state index contributed by atoms with van der Waals surface area (Å²) in [4.78, 5) is 13.9. The fourth-order valence-corrected chi connectivity index (χ4v) is 2.52. The van der Waals surface area contributed by atoms with Gasteiger partial charge < -0.3 is 15.4 Å². The zero-order chi connectivity index (χ0) is 15.5. The molecule has 2 rings (SSSR count). The molecule has 1 heterocycles. The van der Waals surface area contributed by atoms with Gasteiger partial charge in [-0.15, -0.1) is 12.4 Å². The van der Waals surface area contributed by atoms with Gasteiger partial charge in [0.1, 0.15) is 5.75 Å². The second-order valence-corrected chi connectivity index (χ2v) is 6.81. The highest BCUT2D eigenvalue weighted by Gasteiger charge is 2.21. The van der Waals surface area contributed by atoms with Gasteiger partial charge in [0.2, 0.25) is 0 Å². The first-order valence-corrected chi connectivity index (χ1v) is 7.63. The average molecular weight is 327 g/mol. The quantitative estimate of drug-likeness (QED) is 0.929. The van der Waals surface area contributed by atoms with Gasteiger partial charge in [0.25, 0.3) is 5.91 Å². The van der Waals surface area contributed by atoms with Crippen LogP contribution < -0.4 is 10.5 Å². The lowest BCUT2D eigenvalue weighted by molar-refractivity contribution is -0.134. The van der Waals surface area contributed by atoms with Crippen LogP contribution in [0.1, 0.15) is 39.2 Å². The molecule has 22 heavy (non-hydrogen) atoms. The van der Waals surface area contributed by atoms with Crippen LogP contribution in [-0.2, 0) is 10.2 Å². The van der Waals surface area contributed by atoms with Crippen LogP contribution in [0.15, 0.2) is 24.3 Å². The van der Waals surface area contributed by atoms with Gasteiger partial charge >= 0.3 is 0 Å². The normalized spacial score (nSPS) is 18.5. The Bertz CT molecular complexity index is 482. The molecule has 1 aliphatic rings. The number of rotatable bonds is 3. The fourth-order valence-electron chi connectivity index (χ4n) is 2.52. The van der Waals surface area contributed by atoms with Gasteiger partial charge in [0, 0.05) is 19.1 Å². The van der Waals surface area contributed by atoms with Crippen molar-refractivity contribution in [1.82, 2.24) is 4.90 Å². The van der Waals surface area contributed by atoms with Gasteiger partial charge in [-0.05, 0) is 36.0 Å². The van der Waals surface area contributed by atoms with E-state index >= 15 is 0 Å². The number of hydrogen-bond acceptors (Lipinski definition) is 3. The number of ether oxygens (including phenoxy) is 1. The van der Waals surface area contributed by atoms with Crippen molar-refractivity contribution < 1.29 is 9.53 Å². The Morgan fingerprint density at radius 1 is 1.32 bits per heavy atom. The molecule has 2 N–H and O–H groups in total. The number of carbonyl (C=O) groups is 1. The van der Waals surface area contributed by atoms with Crippen LogP contribution in [0.2, 0.25) is 0 Å². The highest BCUT2D eigenvalue weighted by atomic mass is 35.5. The van der Waals surface area contributed by atoms with Crippen LogP contribution >= 0.6 is 12.4 Å². The van der Waals surface area contributed by atoms with Gasteiger partial charge in [-0.3, -0.25) is 4.79 Å². The SMILES string of the molecule is CC(C)(C)c1ccc(OCC(=O)N2CCCC(N)C2)cc1.Cl. The molecule has 4 nitrogen and oxygen atoms in total. The summed E-state index contributed by atoms with van der Waals surface area (Å²) in [6.07, 6.45) is 1.98. The van der Waals surface area contributed by atoms with Crippen LogP contribution in [0.25, 0.3) is 0 Å². The minimum atomic E-state index is 0. The molecular formula is C17H27ClN2O2. The predicted octanol–water partition coefficient (Wildman–Crippen LogP) is 2.73. The third-order valence-electron chi connectivity index (χ3n) is 3.89. The van der Waals surface area contributed by atoms with Crippen molar-refractivity contribution >= 4 is 18.3 Å². The van der Waals surface area contributed by atoms with Crippen molar-refractivity contribution in [3.8, 4) is 5.75 Å². The molecule has 0 saturated carbocycles. The highest BCUT2D eigenvalue weighted by Crippen LogP contribution is 2.24. The zero-order valence-corrected chi connectivity index (χ0v) is 14.5. The van der Waals surface area contributed by atoms with E-state index in [0.717, 1.165) is 25.1 Å². The van der Waals surface area contributed by atoms with Gasteiger partial charge in [-0.2, -0.15) is 0 Å². The van der Waals surface area contributed by atoms with Crippen LogP contribution in [0.3, 0.4) is 0 Å². The standard InChI is InChI=1S/C17H26N2O2.ClH/c1-17(2,3)13-6-8-15(9-7-13)21-12-16(20)19-10-4-5-14(18)11-19;/h6-9,14H,4-5,10-12,18H2,1-3H3;1H. The smallest absolute Gasteiger partial charge is 0.260 e. The molecule has 1 aromatic rings. The van der Waals surface area contributed by atoms with Gasteiger partial charge in [0.05, 0.1) is 0 Å². The Kier molecular flexibility index (Phi) is 6.69. The summed E-state index contributed by atoms with van der Waals surface area (Å²) < 4.78 is 5.59. The maximum Gasteiger partial charge on any atom is 0.260 e. The maximum atomic E-state index is 12.1. The number of nitrogens with zero attached hydrogens (tertiary/aromatic N) is 1. The molecule has 124 valence electrons. The first-order valence-electron chi connectivity index (χ1n) is 7.63. The van der Waals surface area contributed by atoms with Crippen molar-refractivity contribution in [3.05, 3.63) is 29.8 Å². The van der Waals surface area contributed by atoms with Crippen LogP contribution in [-0.4, -0.2) is 36.5 Å². The molecule has 1 fully saturated rings. The van der Waals surface area contributed by atoms with Crippen molar-refractivity contribution in [3.63, 3.8) is 0 Å². The summed E-state index contributed by atoms with van der Waals surface area (Å²) in [5.74, 6) is 0.753. The van der Waals surface area contributed by atoms with E-state index in [1.54, 1.807) is 4.90 Å². The third kappa shape index (κ3) is 5.18. The molecular weight excluding hydrogens is 300 g/mol. The largest absolute Gasteiger partial charge is 0.484 e. The molecule has 1 atom stereocenters. The summed E-state index contributed by atoms with van der Waals surface area (Å²) in [6.45, 7) is 8.04. The fraction of sp³-hybridized carbons (Fsp3) is 0.588. The van der Waals surface area contributed by atoms with E-state index in [1.807, 2.05) is 12.1 Å². The second kappa shape index (κ2) is 7.84. The number of nitrogens with two attached hydrogens (primary N) is 1. The summed E-state index contributed by atoms with van der Waals surface area (Å²) in [5.41, 5.74) is 7.27. The summed E-state index contributed by atoms with van der Waals surface area (Å²) in [6, 6.07) is 8.06. The van der Waals surface area contributed by atoms with E-state index in [-0.39, 0.29) is 36.4 Å². The Labute approximate surface area is 139 Å². The maximum absolute atomic E-state index is 12.1. The molecule has 1 aliphatic heterocycles. The molecule has 0 aromatic heterocycles. The Morgan fingerprint density at radius 2 is 1.95 bits per heavy atom. The number of halogens is 1. The van der Waals surface area contributed by atoms with E-state index in [9.17, 15) is 4.79 Å². The average Bonchev–Trinajstić information content (AvgIpc) is 2.44. The third-order valence-corrected chi connectivity index (χ3v) is 3.89. The summed E-state index contributed by atoms with van der Waals surface area (Å²) in [5, 5.41) is 0. The summed E-state index contributed by atoms with van der Waals surface area (Å²) in [7, 11) is 0. The molecule has 0 spiro atoms. The number of carbonyl (C=O) groups excluding carboxylic acids is 1. The lowest BCUT2D eigenvalue weighted by Gasteiger charge is -2.30. The molecule has 5 heteroatoms. The van der Waals surface area contributed by atoms with Crippen LogP contribution in [0.5, 0.6) is 5.75 Å². The van der Waals surface area contributed by atoms with Crippen molar-refractivity contribution in [1.29, 1.82) is 0 Å². The van der Waals surface area contributed by atoms with Gasteiger partial charge in [-0.25, -0.2) is 0 Å². The second-order valence-electron chi connectivity index (χ2n) is 6.81. The minimum absolute atomic E-state index is 0. The molecule has 1 unspecified atom stereocenters.